The maximum absolute atomic E-state index is 12.8. The SMILES string of the molecule is CC1(C)CC1C(=O)C1CC(c2ccc(NC(=O)N3Cc4ccncc4C3)cc2)=CCN1. The number of nitrogens with zero attached hydrogens (tertiary/aromatic N) is 2. The first-order chi connectivity index (χ1) is 14.9. The Balaban J connectivity index is 1.20. The van der Waals surface area contributed by atoms with Crippen molar-refractivity contribution in [1.29, 1.82) is 0 Å². The van der Waals surface area contributed by atoms with Gasteiger partial charge < -0.3 is 15.5 Å². The molecule has 1 aromatic carbocycles. The number of aromatic nitrogens is 1. The van der Waals surface area contributed by atoms with Gasteiger partial charge in [0.05, 0.1) is 6.04 Å². The van der Waals surface area contributed by atoms with Gasteiger partial charge in [-0.15, -0.1) is 0 Å². The molecule has 2 amide bonds. The van der Waals surface area contributed by atoms with Crippen molar-refractivity contribution in [1.82, 2.24) is 15.2 Å². The molecule has 5 rings (SSSR count). The van der Waals surface area contributed by atoms with Gasteiger partial charge in [0.25, 0.3) is 0 Å². The molecule has 2 N–H and O–H groups in total. The Morgan fingerprint density at radius 3 is 2.58 bits per heavy atom. The molecule has 0 radical (unpaired) electrons. The summed E-state index contributed by atoms with van der Waals surface area (Å²) in [5.41, 5.74) is 5.47. The van der Waals surface area contributed by atoms with Crippen molar-refractivity contribution in [2.75, 3.05) is 11.9 Å². The van der Waals surface area contributed by atoms with E-state index in [9.17, 15) is 9.59 Å². The van der Waals surface area contributed by atoms with E-state index in [1.165, 1.54) is 5.57 Å². The minimum absolute atomic E-state index is 0.0996. The predicted octanol–water partition coefficient (Wildman–Crippen LogP) is 3.99. The molecule has 0 spiro atoms. The highest BCUT2D eigenvalue weighted by atomic mass is 16.2. The monoisotopic (exact) mass is 416 g/mol. The van der Waals surface area contributed by atoms with Crippen LogP contribution in [0.25, 0.3) is 5.57 Å². The largest absolute Gasteiger partial charge is 0.322 e. The summed E-state index contributed by atoms with van der Waals surface area (Å²) in [6, 6.07) is 9.67. The lowest BCUT2D eigenvalue weighted by Crippen LogP contribution is -2.41. The zero-order valence-electron chi connectivity index (χ0n) is 18.0. The topological polar surface area (TPSA) is 74.3 Å². The van der Waals surface area contributed by atoms with E-state index in [1.807, 2.05) is 36.5 Å². The number of urea groups is 1. The number of carbonyl (C=O) groups is 2. The fraction of sp³-hybridized carbons (Fsp3) is 0.400. The van der Waals surface area contributed by atoms with Crippen molar-refractivity contribution in [3.63, 3.8) is 0 Å². The summed E-state index contributed by atoms with van der Waals surface area (Å²) in [6.45, 7) is 6.23. The van der Waals surface area contributed by atoms with Crippen molar-refractivity contribution in [3.05, 3.63) is 65.5 Å². The van der Waals surface area contributed by atoms with E-state index >= 15 is 0 Å². The van der Waals surface area contributed by atoms with Gasteiger partial charge in [0.1, 0.15) is 0 Å². The lowest BCUT2D eigenvalue weighted by atomic mass is 9.90. The summed E-state index contributed by atoms with van der Waals surface area (Å²) >= 11 is 0. The van der Waals surface area contributed by atoms with Crippen LogP contribution in [-0.4, -0.2) is 34.3 Å². The first-order valence-corrected chi connectivity index (χ1v) is 10.9. The van der Waals surface area contributed by atoms with Crippen LogP contribution in [0.15, 0.2) is 48.8 Å². The third kappa shape index (κ3) is 4.00. The molecule has 0 saturated heterocycles. The molecule has 2 atom stereocenters. The van der Waals surface area contributed by atoms with Crippen molar-refractivity contribution < 1.29 is 9.59 Å². The van der Waals surface area contributed by atoms with Gasteiger partial charge in [-0.3, -0.25) is 9.78 Å². The van der Waals surface area contributed by atoms with E-state index in [0.29, 0.717) is 25.4 Å². The molecule has 1 fully saturated rings. The molecule has 3 heterocycles. The first-order valence-electron chi connectivity index (χ1n) is 10.9. The van der Waals surface area contributed by atoms with Crippen molar-refractivity contribution in [3.8, 4) is 0 Å². The number of hydrogen-bond donors (Lipinski definition) is 2. The Kier molecular flexibility index (Phi) is 4.89. The second-order valence-electron chi connectivity index (χ2n) is 9.55. The highest BCUT2D eigenvalue weighted by Crippen LogP contribution is 2.52. The Morgan fingerprint density at radius 2 is 1.87 bits per heavy atom. The molecule has 2 unspecified atom stereocenters. The third-order valence-corrected chi connectivity index (χ3v) is 6.86. The van der Waals surface area contributed by atoms with E-state index in [2.05, 4.69) is 35.5 Å². The highest BCUT2D eigenvalue weighted by Gasteiger charge is 2.52. The van der Waals surface area contributed by atoms with Crippen LogP contribution in [-0.2, 0) is 17.9 Å². The Hall–Kier alpha value is -2.99. The number of pyridine rings is 1. The maximum atomic E-state index is 12.8. The molecule has 6 nitrogen and oxygen atoms in total. The minimum Gasteiger partial charge on any atom is -0.316 e. The Bertz CT molecular complexity index is 1030. The number of carbonyl (C=O) groups excluding carboxylic acids is 2. The van der Waals surface area contributed by atoms with E-state index < -0.39 is 0 Å². The number of rotatable bonds is 4. The van der Waals surface area contributed by atoms with Gasteiger partial charge in [-0.25, -0.2) is 4.79 Å². The number of ketones is 1. The van der Waals surface area contributed by atoms with Gasteiger partial charge in [-0.05, 0) is 58.7 Å². The number of benzene rings is 1. The Morgan fingerprint density at radius 1 is 1.13 bits per heavy atom. The zero-order valence-corrected chi connectivity index (χ0v) is 18.0. The van der Waals surface area contributed by atoms with Gasteiger partial charge in [0.2, 0.25) is 0 Å². The number of hydrogen-bond acceptors (Lipinski definition) is 4. The van der Waals surface area contributed by atoms with Crippen LogP contribution in [0.5, 0.6) is 0 Å². The standard InChI is InChI=1S/C25H28N4O2/c1-25(2)12-21(25)23(30)22-11-17(8-10-27-22)16-3-5-20(6-4-16)28-24(31)29-14-18-7-9-26-13-19(18)15-29/h3-9,13,21-22,27H,10-12,14-15H2,1-2H3,(H,28,31). The summed E-state index contributed by atoms with van der Waals surface area (Å²) in [7, 11) is 0. The second kappa shape index (κ2) is 7.61. The molecular weight excluding hydrogens is 388 g/mol. The molecular formula is C25H28N4O2. The molecule has 31 heavy (non-hydrogen) atoms. The minimum atomic E-state index is -0.109. The average Bonchev–Trinajstić information content (AvgIpc) is 3.21. The molecule has 1 aliphatic carbocycles. The lowest BCUT2D eigenvalue weighted by molar-refractivity contribution is -0.122. The van der Waals surface area contributed by atoms with Crippen LogP contribution in [0, 0.1) is 11.3 Å². The van der Waals surface area contributed by atoms with Crippen molar-refractivity contribution >= 4 is 23.1 Å². The summed E-state index contributed by atoms with van der Waals surface area (Å²) in [4.78, 5) is 31.4. The number of Topliss-reactive ketones (excluding diaryl/α,β-unsaturated/α-hetero) is 1. The van der Waals surface area contributed by atoms with Gasteiger partial charge >= 0.3 is 6.03 Å². The summed E-state index contributed by atoms with van der Waals surface area (Å²) in [5.74, 6) is 0.538. The first kappa shape index (κ1) is 19.9. The van der Waals surface area contributed by atoms with Crippen molar-refractivity contribution in [2.45, 2.75) is 45.8 Å². The van der Waals surface area contributed by atoms with Crippen LogP contribution < -0.4 is 10.6 Å². The molecule has 2 aromatic rings. The predicted molar refractivity (Wildman–Crippen MR) is 120 cm³/mol. The fourth-order valence-corrected chi connectivity index (χ4v) is 4.67. The molecule has 6 heteroatoms. The van der Waals surface area contributed by atoms with E-state index in [-0.39, 0.29) is 23.4 Å². The maximum Gasteiger partial charge on any atom is 0.322 e. The molecule has 160 valence electrons. The van der Waals surface area contributed by atoms with Crippen LogP contribution in [0.4, 0.5) is 10.5 Å². The van der Waals surface area contributed by atoms with Crippen LogP contribution in [0.2, 0.25) is 0 Å². The third-order valence-electron chi connectivity index (χ3n) is 6.86. The number of fused-ring (bicyclic) bond motifs is 1. The van der Waals surface area contributed by atoms with E-state index in [4.69, 9.17) is 0 Å². The smallest absolute Gasteiger partial charge is 0.316 e. The number of amides is 2. The summed E-state index contributed by atoms with van der Waals surface area (Å²) in [6.07, 6.45) is 7.46. The molecule has 0 bridgehead atoms. The molecule has 2 aliphatic heterocycles. The van der Waals surface area contributed by atoms with Crippen LogP contribution in [0.1, 0.15) is 43.4 Å². The summed E-state index contributed by atoms with van der Waals surface area (Å²) < 4.78 is 0. The zero-order chi connectivity index (χ0) is 21.6. The van der Waals surface area contributed by atoms with Gasteiger partial charge in [0, 0.05) is 43.6 Å². The van der Waals surface area contributed by atoms with E-state index in [0.717, 1.165) is 35.2 Å². The Labute approximate surface area is 182 Å². The highest BCUT2D eigenvalue weighted by molar-refractivity contribution is 5.92. The van der Waals surface area contributed by atoms with E-state index in [1.54, 1.807) is 11.1 Å². The average molecular weight is 417 g/mol. The molecule has 3 aliphatic rings. The van der Waals surface area contributed by atoms with Crippen molar-refractivity contribution in [2.24, 2.45) is 11.3 Å². The molecule has 1 saturated carbocycles. The summed E-state index contributed by atoms with van der Waals surface area (Å²) in [5, 5.41) is 6.35. The van der Waals surface area contributed by atoms with Gasteiger partial charge in [-0.2, -0.15) is 0 Å². The number of nitrogens with one attached hydrogen (secondary N) is 2. The normalized spacial score (nSPS) is 23.7. The van der Waals surface area contributed by atoms with Gasteiger partial charge in [0.15, 0.2) is 5.78 Å². The van der Waals surface area contributed by atoms with Crippen LogP contribution >= 0.6 is 0 Å². The fourth-order valence-electron chi connectivity index (χ4n) is 4.67. The lowest BCUT2D eigenvalue weighted by Gasteiger charge is -2.24. The van der Waals surface area contributed by atoms with Crippen LogP contribution in [0.3, 0.4) is 0 Å². The molecule has 1 aromatic heterocycles. The quantitative estimate of drug-likeness (QED) is 0.790. The number of anilines is 1. The van der Waals surface area contributed by atoms with Gasteiger partial charge in [-0.1, -0.05) is 32.1 Å². The second-order valence-corrected chi connectivity index (χ2v) is 9.55.